The molecule has 0 bridgehead atoms. The number of fused-ring (bicyclic) bond motifs is 5. The largest absolute Gasteiger partial charge is 0.373 e. The molecule has 3 nitrogen and oxygen atoms in total. The Morgan fingerprint density at radius 3 is 2.41 bits per heavy atom. The average molecular weight is 483 g/mol. The minimum Gasteiger partial charge on any atom is -0.373 e. The van der Waals surface area contributed by atoms with Gasteiger partial charge in [0, 0.05) is 52.5 Å². The highest BCUT2D eigenvalue weighted by Crippen LogP contribution is 2.52. The van der Waals surface area contributed by atoms with Gasteiger partial charge < -0.3 is 9.88 Å². The monoisotopic (exact) mass is 482 g/mol. The second-order valence-corrected chi connectivity index (χ2v) is 11.3. The topological polar surface area (TPSA) is 34.0 Å². The molecule has 0 amide bonds. The summed E-state index contributed by atoms with van der Waals surface area (Å²) < 4.78 is 2.33. The molecular formula is C34H30N2O. The number of allylic oxidation sites excluding steroid dienone is 1. The van der Waals surface area contributed by atoms with Crippen LogP contribution in [0.3, 0.4) is 0 Å². The summed E-state index contributed by atoms with van der Waals surface area (Å²) in [4.78, 5) is 13.9. The smallest absolute Gasteiger partial charge is 0.162 e. The molecule has 0 unspecified atom stereocenters. The lowest BCUT2D eigenvalue weighted by molar-refractivity contribution is -0.118. The van der Waals surface area contributed by atoms with Crippen molar-refractivity contribution in [1.29, 1.82) is 0 Å². The van der Waals surface area contributed by atoms with Crippen LogP contribution in [0.25, 0.3) is 27.2 Å². The first-order valence-corrected chi connectivity index (χ1v) is 13.2. The molecular weight excluding hydrogens is 452 g/mol. The van der Waals surface area contributed by atoms with Crippen molar-refractivity contribution in [1.82, 2.24) is 4.57 Å². The van der Waals surface area contributed by atoms with Gasteiger partial charge in [-0.15, -0.1) is 0 Å². The predicted molar refractivity (Wildman–Crippen MR) is 153 cm³/mol. The third-order valence-electron chi connectivity index (χ3n) is 8.07. The first-order valence-electron chi connectivity index (χ1n) is 13.2. The number of hydrogen-bond acceptors (Lipinski definition) is 2. The van der Waals surface area contributed by atoms with Gasteiger partial charge in [-0.1, -0.05) is 92.7 Å². The number of anilines is 1. The highest BCUT2D eigenvalue weighted by molar-refractivity contribution is 6.13. The predicted octanol–water partition coefficient (Wildman–Crippen LogP) is 8.15. The summed E-state index contributed by atoms with van der Waals surface area (Å²) in [6.07, 6.45) is 3.74. The van der Waals surface area contributed by atoms with Crippen LogP contribution in [-0.4, -0.2) is 10.4 Å². The van der Waals surface area contributed by atoms with Crippen LogP contribution in [0.5, 0.6) is 0 Å². The lowest BCUT2D eigenvalue weighted by Gasteiger charge is -2.40. The van der Waals surface area contributed by atoms with E-state index in [1.54, 1.807) is 0 Å². The zero-order chi connectivity index (χ0) is 25.1. The molecule has 0 spiro atoms. The van der Waals surface area contributed by atoms with E-state index in [-0.39, 0.29) is 17.2 Å². The first kappa shape index (κ1) is 22.1. The van der Waals surface area contributed by atoms with E-state index in [1.165, 1.54) is 43.9 Å². The molecule has 4 aromatic carbocycles. The Kier molecular flexibility index (Phi) is 4.91. The standard InChI is InChI=1S/C34H30N2O/c1-34(2)18-26-31-24-13-7-6-12-23(24)16-17-28(31)35-33(32(26)30(37)19-34)27-21-36(20-22-10-4-3-5-11-22)29-15-9-8-14-25(27)29/h3-17,21,33,35H,18-20H2,1-2H3/t33-/m1/s1. The van der Waals surface area contributed by atoms with Crippen LogP contribution in [-0.2, 0) is 11.3 Å². The Morgan fingerprint density at radius 2 is 1.57 bits per heavy atom. The van der Waals surface area contributed by atoms with Gasteiger partial charge in [-0.3, -0.25) is 4.79 Å². The van der Waals surface area contributed by atoms with Crippen LogP contribution in [0.15, 0.2) is 103 Å². The highest BCUT2D eigenvalue weighted by Gasteiger charge is 2.41. The molecule has 0 saturated heterocycles. The van der Waals surface area contributed by atoms with Crippen molar-refractivity contribution in [3.63, 3.8) is 0 Å². The quantitative estimate of drug-likeness (QED) is 0.281. The third-order valence-corrected chi connectivity index (χ3v) is 8.07. The minimum atomic E-state index is -0.172. The molecule has 7 rings (SSSR count). The number of benzene rings is 4. The van der Waals surface area contributed by atoms with Gasteiger partial charge in [0.05, 0.1) is 6.04 Å². The minimum absolute atomic E-state index is 0.0622. The lowest BCUT2D eigenvalue weighted by atomic mass is 9.68. The van der Waals surface area contributed by atoms with Gasteiger partial charge in [0.1, 0.15) is 0 Å². The molecule has 1 atom stereocenters. The van der Waals surface area contributed by atoms with Gasteiger partial charge in [-0.05, 0) is 45.9 Å². The number of para-hydroxylation sites is 1. The molecule has 37 heavy (non-hydrogen) atoms. The van der Waals surface area contributed by atoms with Crippen molar-refractivity contribution in [2.24, 2.45) is 5.41 Å². The van der Waals surface area contributed by atoms with Crippen molar-refractivity contribution >= 4 is 38.7 Å². The summed E-state index contributed by atoms with van der Waals surface area (Å²) in [5.41, 5.74) is 8.06. The Bertz CT molecular complexity index is 1720. The summed E-state index contributed by atoms with van der Waals surface area (Å²) in [5.74, 6) is 0.266. The van der Waals surface area contributed by atoms with Gasteiger partial charge in [-0.25, -0.2) is 0 Å². The fourth-order valence-electron chi connectivity index (χ4n) is 6.49. The van der Waals surface area contributed by atoms with E-state index in [1.807, 2.05) is 0 Å². The second-order valence-electron chi connectivity index (χ2n) is 11.3. The maximum Gasteiger partial charge on any atom is 0.162 e. The summed E-state index contributed by atoms with van der Waals surface area (Å²) in [5, 5.41) is 7.47. The van der Waals surface area contributed by atoms with Crippen LogP contribution in [0.1, 0.15) is 49.4 Å². The Morgan fingerprint density at radius 1 is 0.838 bits per heavy atom. The number of carbonyl (C=O) groups is 1. The van der Waals surface area contributed by atoms with Crippen molar-refractivity contribution in [3.05, 3.63) is 119 Å². The summed E-state index contributed by atoms with van der Waals surface area (Å²) >= 11 is 0. The molecule has 1 N–H and O–H groups in total. The molecule has 2 heterocycles. The van der Waals surface area contributed by atoms with E-state index in [4.69, 9.17) is 0 Å². The number of aromatic nitrogens is 1. The zero-order valence-corrected chi connectivity index (χ0v) is 21.3. The van der Waals surface area contributed by atoms with Gasteiger partial charge in [0.25, 0.3) is 0 Å². The molecule has 5 aromatic rings. The Labute approximate surface area is 217 Å². The van der Waals surface area contributed by atoms with Gasteiger partial charge >= 0.3 is 0 Å². The zero-order valence-electron chi connectivity index (χ0n) is 21.3. The summed E-state index contributed by atoms with van der Waals surface area (Å²) in [7, 11) is 0. The average Bonchev–Trinajstić information content (AvgIpc) is 3.26. The van der Waals surface area contributed by atoms with Crippen LogP contribution >= 0.6 is 0 Å². The maximum atomic E-state index is 13.9. The van der Waals surface area contributed by atoms with E-state index in [2.05, 4.69) is 121 Å². The number of nitrogens with zero attached hydrogens (tertiary/aromatic N) is 1. The maximum absolute atomic E-state index is 13.9. The fraction of sp³-hybridized carbons (Fsp3) is 0.206. The van der Waals surface area contributed by atoms with Gasteiger partial charge in [0.15, 0.2) is 5.78 Å². The molecule has 3 heteroatoms. The molecule has 1 aliphatic heterocycles. The van der Waals surface area contributed by atoms with E-state index >= 15 is 0 Å². The highest BCUT2D eigenvalue weighted by atomic mass is 16.1. The van der Waals surface area contributed by atoms with Crippen molar-refractivity contribution in [3.8, 4) is 0 Å². The van der Waals surface area contributed by atoms with Crippen molar-refractivity contribution in [2.75, 3.05) is 5.32 Å². The third kappa shape index (κ3) is 3.61. The normalized spacial score (nSPS) is 18.5. The number of carbonyl (C=O) groups excluding carboxylic acids is 1. The molecule has 2 aliphatic rings. The van der Waals surface area contributed by atoms with Crippen molar-refractivity contribution in [2.45, 2.75) is 39.3 Å². The van der Waals surface area contributed by atoms with Crippen molar-refractivity contribution < 1.29 is 4.79 Å². The molecule has 1 aromatic heterocycles. The van der Waals surface area contributed by atoms with Crippen LogP contribution in [0, 0.1) is 5.41 Å². The van der Waals surface area contributed by atoms with E-state index < -0.39 is 0 Å². The number of rotatable bonds is 3. The molecule has 0 saturated carbocycles. The molecule has 182 valence electrons. The van der Waals surface area contributed by atoms with Crippen LogP contribution in [0.2, 0.25) is 0 Å². The number of nitrogens with one attached hydrogen (secondary N) is 1. The van der Waals surface area contributed by atoms with E-state index in [0.717, 1.165) is 24.2 Å². The Hall–Kier alpha value is -4.11. The summed E-state index contributed by atoms with van der Waals surface area (Å²) in [6.45, 7) is 5.24. The van der Waals surface area contributed by atoms with Crippen LogP contribution in [0.4, 0.5) is 5.69 Å². The lowest BCUT2D eigenvalue weighted by Crippen LogP contribution is -2.33. The molecule has 0 radical (unpaired) electrons. The Balaban J connectivity index is 1.45. The number of ketones is 1. The SMILES string of the molecule is CC1(C)CC(=O)C2=C(C1)c1c(ccc3ccccc13)N[C@@H]2c1cn(Cc2ccccc2)c2ccccc12. The van der Waals surface area contributed by atoms with Crippen LogP contribution < -0.4 is 5.32 Å². The van der Waals surface area contributed by atoms with E-state index in [0.29, 0.717) is 6.42 Å². The first-order chi connectivity index (χ1) is 18.0. The van der Waals surface area contributed by atoms with E-state index in [9.17, 15) is 4.79 Å². The fourth-order valence-corrected chi connectivity index (χ4v) is 6.49. The van der Waals surface area contributed by atoms with Gasteiger partial charge in [-0.2, -0.15) is 0 Å². The second kappa shape index (κ2) is 8.21. The molecule has 0 fully saturated rings. The summed E-state index contributed by atoms with van der Waals surface area (Å²) in [6, 6.07) is 31.9. The number of hydrogen-bond donors (Lipinski definition) is 1. The molecule has 1 aliphatic carbocycles. The van der Waals surface area contributed by atoms with Gasteiger partial charge in [0.2, 0.25) is 0 Å². The number of Topliss-reactive ketones (excluding diaryl/α,β-unsaturated/α-hetero) is 1.